The van der Waals surface area contributed by atoms with Gasteiger partial charge in [-0.15, -0.1) is 0 Å². The summed E-state index contributed by atoms with van der Waals surface area (Å²) in [6, 6.07) is 2.91. The molecule has 3 N–H and O–H groups in total. The number of nitrogens with zero attached hydrogens (tertiary/aromatic N) is 1. The number of primary amides is 1. The number of carbonyl (C=O) groups excluding carboxylic acids is 1. The van der Waals surface area contributed by atoms with Crippen molar-refractivity contribution in [2.75, 3.05) is 11.0 Å². The maximum absolute atomic E-state index is 11.2. The number of hydrogen-bond acceptors (Lipinski definition) is 5. The van der Waals surface area contributed by atoms with Crippen molar-refractivity contribution in [3.05, 3.63) is 17.8 Å². The van der Waals surface area contributed by atoms with E-state index in [1.54, 1.807) is 0 Å². The highest BCUT2D eigenvalue weighted by molar-refractivity contribution is 7.92. The van der Waals surface area contributed by atoms with Gasteiger partial charge in [0.25, 0.3) is 5.91 Å². The molecule has 1 heterocycles. The fourth-order valence-electron chi connectivity index (χ4n) is 1.33. The Hall–Kier alpha value is -1.83. The molecule has 1 aliphatic carbocycles. The Morgan fingerprint density at radius 3 is 2.67 bits per heavy atom. The van der Waals surface area contributed by atoms with Gasteiger partial charge in [-0.2, -0.15) is 0 Å². The van der Waals surface area contributed by atoms with Crippen molar-refractivity contribution in [2.24, 2.45) is 5.73 Å². The molecule has 2 rings (SSSR count). The first-order valence-corrected chi connectivity index (χ1v) is 7.19. The van der Waals surface area contributed by atoms with Gasteiger partial charge < -0.3 is 10.5 Å². The lowest BCUT2D eigenvalue weighted by molar-refractivity contribution is 0.0991. The van der Waals surface area contributed by atoms with Gasteiger partial charge in [0.1, 0.15) is 5.82 Å². The molecule has 1 amide bonds. The van der Waals surface area contributed by atoms with Crippen molar-refractivity contribution in [1.82, 2.24) is 4.98 Å². The number of aromatic nitrogens is 1. The molecule has 1 aromatic rings. The standard InChI is InChI=1S/C10H13N3O4S/c1-18(15,16)13-8-5-4-7(17-6-2-3-6)9(12-8)10(11)14/h4-6H,2-3H2,1H3,(H2,11,14)(H,12,13). The number of anilines is 1. The lowest BCUT2D eigenvalue weighted by atomic mass is 10.3. The summed E-state index contributed by atoms with van der Waals surface area (Å²) in [6.45, 7) is 0. The Morgan fingerprint density at radius 2 is 2.17 bits per heavy atom. The first kappa shape index (κ1) is 12.6. The molecule has 1 aliphatic rings. The average molecular weight is 271 g/mol. The van der Waals surface area contributed by atoms with Crippen molar-refractivity contribution < 1.29 is 17.9 Å². The zero-order chi connectivity index (χ0) is 13.3. The van der Waals surface area contributed by atoms with Crippen molar-refractivity contribution >= 4 is 21.7 Å². The number of hydrogen-bond donors (Lipinski definition) is 2. The van der Waals surface area contributed by atoms with Crippen LogP contribution in [0.25, 0.3) is 0 Å². The molecule has 1 fully saturated rings. The number of amides is 1. The number of pyridine rings is 1. The van der Waals surface area contributed by atoms with Gasteiger partial charge in [0.15, 0.2) is 11.4 Å². The van der Waals surface area contributed by atoms with Crippen LogP contribution in [0.15, 0.2) is 12.1 Å². The van der Waals surface area contributed by atoms with Gasteiger partial charge in [-0.1, -0.05) is 0 Å². The van der Waals surface area contributed by atoms with Crippen LogP contribution >= 0.6 is 0 Å². The van der Waals surface area contributed by atoms with E-state index in [0.717, 1.165) is 19.1 Å². The van der Waals surface area contributed by atoms with Crippen LogP contribution in [0.4, 0.5) is 5.82 Å². The van der Waals surface area contributed by atoms with Crippen LogP contribution in [-0.2, 0) is 10.0 Å². The molecule has 98 valence electrons. The van der Waals surface area contributed by atoms with Crippen LogP contribution in [0.1, 0.15) is 23.3 Å². The zero-order valence-electron chi connectivity index (χ0n) is 9.71. The molecule has 8 heteroatoms. The molecule has 18 heavy (non-hydrogen) atoms. The van der Waals surface area contributed by atoms with E-state index >= 15 is 0 Å². The maximum Gasteiger partial charge on any atom is 0.271 e. The van der Waals surface area contributed by atoms with Gasteiger partial charge in [-0.05, 0) is 25.0 Å². The van der Waals surface area contributed by atoms with Gasteiger partial charge in [0.2, 0.25) is 10.0 Å². The third-order valence-electron chi connectivity index (χ3n) is 2.20. The summed E-state index contributed by atoms with van der Waals surface area (Å²) in [5.74, 6) is -0.443. The number of nitrogens with one attached hydrogen (secondary N) is 1. The van der Waals surface area contributed by atoms with E-state index in [2.05, 4.69) is 9.71 Å². The summed E-state index contributed by atoms with van der Waals surface area (Å²) in [6.07, 6.45) is 2.95. The molecule has 7 nitrogen and oxygen atoms in total. The van der Waals surface area contributed by atoms with Gasteiger partial charge in [-0.25, -0.2) is 13.4 Å². The van der Waals surface area contributed by atoms with E-state index in [4.69, 9.17) is 10.5 Å². The van der Waals surface area contributed by atoms with Crippen molar-refractivity contribution in [3.63, 3.8) is 0 Å². The number of ether oxygens (including phenoxy) is 1. The van der Waals surface area contributed by atoms with Crippen molar-refractivity contribution in [3.8, 4) is 5.75 Å². The second-order valence-electron chi connectivity index (χ2n) is 4.10. The Morgan fingerprint density at radius 1 is 1.50 bits per heavy atom. The Bertz CT molecular complexity index is 581. The van der Waals surface area contributed by atoms with Crippen LogP contribution in [0, 0.1) is 0 Å². The molecule has 0 atom stereocenters. The fraction of sp³-hybridized carbons (Fsp3) is 0.400. The van der Waals surface area contributed by atoms with Gasteiger partial charge in [-0.3, -0.25) is 9.52 Å². The highest BCUT2D eigenvalue weighted by Gasteiger charge is 2.26. The van der Waals surface area contributed by atoms with Crippen LogP contribution in [0.2, 0.25) is 0 Å². The van der Waals surface area contributed by atoms with Gasteiger partial charge in [0.05, 0.1) is 12.4 Å². The van der Waals surface area contributed by atoms with Crippen LogP contribution in [0.5, 0.6) is 5.75 Å². The smallest absolute Gasteiger partial charge is 0.271 e. The van der Waals surface area contributed by atoms with E-state index in [0.29, 0.717) is 0 Å². The fourth-order valence-corrected chi connectivity index (χ4v) is 1.82. The SMILES string of the molecule is CS(=O)(=O)Nc1ccc(OC2CC2)c(C(N)=O)n1. The summed E-state index contributed by atoms with van der Waals surface area (Å²) in [5, 5.41) is 0. The topological polar surface area (TPSA) is 111 Å². The summed E-state index contributed by atoms with van der Waals surface area (Å²) in [5.41, 5.74) is 5.11. The molecule has 0 saturated heterocycles. The highest BCUT2D eigenvalue weighted by atomic mass is 32.2. The molecule has 1 saturated carbocycles. The average Bonchev–Trinajstić information content (AvgIpc) is 3.01. The van der Waals surface area contributed by atoms with E-state index in [-0.39, 0.29) is 23.4 Å². The summed E-state index contributed by atoms with van der Waals surface area (Å²) in [4.78, 5) is 15.1. The van der Waals surface area contributed by atoms with Crippen LogP contribution in [0.3, 0.4) is 0 Å². The lowest BCUT2D eigenvalue weighted by Gasteiger charge is -2.10. The third kappa shape index (κ3) is 3.33. The predicted octanol–water partition coefficient (Wildman–Crippen LogP) is 0.0932. The van der Waals surface area contributed by atoms with E-state index < -0.39 is 15.9 Å². The third-order valence-corrected chi connectivity index (χ3v) is 2.78. The Kier molecular flexibility index (Phi) is 3.12. The number of nitrogens with two attached hydrogens (primary N) is 1. The molecule has 0 aliphatic heterocycles. The number of carbonyl (C=O) groups is 1. The van der Waals surface area contributed by atoms with Crippen LogP contribution < -0.4 is 15.2 Å². The minimum atomic E-state index is -3.45. The quantitative estimate of drug-likeness (QED) is 0.788. The molecular formula is C10H13N3O4S. The highest BCUT2D eigenvalue weighted by Crippen LogP contribution is 2.29. The molecule has 0 bridgehead atoms. The monoisotopic (exact) mass is 271 g/mol. The molecule has 0 spiro atoms. The summed E-state index contributed by atoms with van der Waals surface area (Å²) >= 11 is 0. The molecule has 1 aromatic heterocycles. The lowest BCUT2D eigenvalue weighted by Crippen LogP contribution is -2.18. The van der Waals surface area contributed by atoms with Crippen molar-refractivity contribution in [1.29, 1.82) is 0 Å². The Balaban J connectivity index is 2.30. The number of sulfonamides is 1. The summed E-state index contributed by atoms with van der Waals surface area (Å²) in [7, 11) is -3.45. The molecular weight excluding hydrogens is 258 g/mol. The van der Waals surface area contributed by atoms with Gasteiger partial charge in [0, 0.05) is 0 Å². The van der Waals surface area contributed by atoms with Gasteiger partial charge >= 0.3 is 0 Å². The van der Waals surface area contributed by atoms with E-state index in [9.17, 15) is 13.2 Å². The van der Waals surface area contributed by atoms with E-state index in [1.807, 2.05) is 0 Å². The number of rotatable bonds is 5. The first-order valence-electron chi connectivity index (χ1n) is 5.30. The van der Waals surface area contributed by atoms with Crippen LogP contribution in [-0.4, -0.2) is 31.7 Å². The molecule has 0 aromatic carbocycles. The second-order valence-corrected chi connectivity index (χ2v) is 5.85. The molecule has 0 radical (unpaired) electrons. The van der Waals surface area contributed by atoms with Crippen molar-refractivity contribution in [2.45, 2.75) is 18.9 Å². The normalized spacial score (nSPS) is 15.2. The first-order chi connectivity index (χ1) is 8.35. The largest absolute Gasteiger partial charge is 0.488 e. The maximum atomic E-state index is 11.2. The predicted molar refractivity (Wildman–Crippen MR) is 64.9 cm³/mol. The minimum absolute atomic E-state index is 0.0365. The van der Waals surface area contributed by atoms with E-state index in [1.165, 1.54) is 12.1 Å². The summed E-state index contributed by atoms with van der Waals surface area (Å²) < 4.78 is 29.7. The zero-order valence-corrected chi connectivity index (χ0v) is 10.5. The Labute approximate surface area is 104 Å². The molecule has 0 unspecified atom stereocenters. The second kappa shape index (κ2) is 4.45. The minimum Gasteiger partial charge on any atom is -0.488 e.